The molecular weight excluding hydrogens is 300 g/mol. The first-order valence-corrected chi connectivity index (χ1v) is 6.70. The number of aromatic hydroxyl groups is 2. The zero-order chi connectivity index (χ0) is 17.0. The monoisotopic (exact) mass is 314 g/mol. The smallest absolute Gasteiger partial charge is 0.218 e. The molecule has 7 nitrogen and oxygen atoms in total. The van der Waals surface area contributed by atoms with E-state index in [-0.39, 0.29) is 29.2 Å². The first-order valence-electron chi connectivity index (χ1n) is 6.70. The molecule has 2 aromatic rings. The first kappa shape index (κ1) is 16.2. The fourth-order valence-corrected chi connectivity index (χ4v) is 2.24. The van der Waals surface area contributed by atoms with Crippen LogP contribution < -0.4 is 5.73 Å². The Hall–Kier alpha value is -3.22. The number of benzene rings is 2. The van der Waals surface area contributed by atoms with E-state index in [9.17, 15) is 24.7 Å². The molecule has 0 spiro atoms. The number of ketones is 1. The molecule has 23 heavy (non-hydrogen) atoms. The van der Waals surface area contributed by atoms with Gasteiger partial charge >= 0.3 is 0 Å². The summed E-state index contributed by atoms with van der Waals surface area (Å²) in [5.74, 6) is -2.71. The number of carbonyl (C=O) groups is 2. The van der Waals surface area contributed by atoms with Crippen LogP contribution in [0.15, 0.2) is 47.6 Å². The summed E-state index contributed by atoms with van der Waals surface area (Å²) in [5, 5.41) is 22.1. The summed E-state index contributed by atoms with van der Waals surface area (Å²) in [6.07, 6.45) is -0.276. The first-order chi connectivity index (χ1) is 10.9. The van der Waals surface area contributed by atoms with Crippen LogP contribution in [0.2, 0.25) is 0 Å². The van der Waals surface area contributed by atoms with Crippen molar-refractivity contribution in [1.82, 2.24) is 0 Å². The van der Waals surface area contributed by atoms with Crippen molar-refractivity contribution in [2.45, 2.75) is 12.3 Å². The number of hydrogen-bond donors (Lipinski definition) is 3. The van der Waals surface area contributed by atoms with Crippen LogP contribution in [0.5, 0.6) is 11.5 Å². The molecule has 1 amide bonds. The molecule has 0 saturated heterocycles. The Morgan fingerprint density at radius 3 is 2.30 bits per heavy atom. The SMILES string of the molecule is NC(=O)CC(C(=O)c1cc(O)ccc1O)c1ccc(N=O)cc1. The highest BCUT2D eigenvalue weighted by Crippen LogP contribution is 2.31. The van der Waals surface area contributed by atoms with Gasteiger partial charge in [0.25, 0.3) is 0 Å². The number of hydrogen-bond acceptors (Lipinski definition) is 6. The minimum absolute atomic E-state index is 0.117. The van der Waals surface area contributed by atoms with Gasteiger partial charge in [-0.3, -0.25) is 9.59 Å². The average Bonchev–Trinajstić information content (AvgIpc) is 2.54. The second-order valence-corrected chi connectivity index (χ2v) is 4.97. The Morgan fingerprint density at radius 2 is 1.74 bits per heavy atom. The van der Waals surface area contributed by atoms with Crippen LogP contribution >= 0.6 is 0 Å². The molecule has 1 atom stereocenters. The van der Waals surface area contributed by atoms with E-state index in [1.54, 1.807) is 0 Å². The lowest BCUT2D eigenvalue weighted by molar-refractivity contribution is -0.118. The lowest BCUT2D eigenvalue weighted by atomic mass is 9.87. The molecule has 4 N–H and O–H groups in total. The minimum Gasteiger partial charge on any atom is -0.508 e. The Balaban J connectivity index is 2.44. The van der Waals surface area contributed by atoms with Crippen molar-refractivity contribution in [1.29, 1.82) is 0 Å². The molecule has 0 aromatic heterocycles. The number of rotatable bonds is 6. The van der Waals surface area contributed by atoms with Crippen LogP contribution in [0, 0.1) is 4.91 Å². The molecule has 0 aliphatic carbocycles. The summed E-state index contributed by atoms with van der Waals surface area (Å²) < 4.78 is 0. The summed E-state index contributed by atoms with van der Waals surface area (Å²) in [6, 6.07) is 9.33. The second kappa shape index (κ2) is 6.69. The van der Waals surface area contributed by atoms with Crippen molar-refractivity contribution in [3.8, 4) is 11.5 Å². The van der Waals surface area contributed by atoms with Crippen LogP contribution in [-0.4, -0.2) is 21.9 Å². The maximum atomic E-state index is 12.6. The van der Waals surface area contributed by atoms with Gasteiger partial charge in [-0.2, -0.15) is 0 Å². The molecule has 0 radical (unpaired) electrons. The highest BCUT2D eigenvalue weighted by molar-refractivity contribution is 6.05. The highest BCUT2D eigenvalue weighted by atomic mass is 16.3. The van der Waals surface area contributed by atoms with Gasteiger partial charge in [0.15, 0.2) is 5.78 Å². The van der Waals surface area contributed by atoms with E-state index in [1.165, 1.54) is 36.4 Å². The van der Waals surface area contributed by atoms with Gasteiger partial charge in [0.2, 0.25) is 5.91 Å². The molecule has 0 fully saturated rings. The number of carbonyl (C=O) groups excluding carboxylic acids is 2. The van der Waals surface area contributed by atoms with E-state index in [1.807, 2.05) is 0 Å². The number of phenols is 2. The zero-order valence-corrected chi connectivity index (χ0v) is 12.0. The Labute approximate surface area is 131 Å². The molecule has 1 unspecified atom stereocenters. The third-order valence-electron chi connectivity index (χ3n) is 3.37. The quantitative estimate of drug-likeness (QED) is 0.428. The van der Waals surface area contributed by atoms with Crippen molar-refractivity contribution in [3.05, 3.63) is 58.5 Å². The number of nitrogens with zero attached hydrogens (tertiary/aromatic N) is 1. The number of phenolic OH excluding ortho intramolecular Hbond substituents is 2. The second-order valence-electron chi connectivity index (χ2n) is 4.97. The summed E-state index contributed by atoms with van der Waals surface area (Å²) in [4.78, 5) is 34.4. The number of nitrogens with two attached hydrogens (primary N) is 1. The predicted octanol–water partition coefficient (Wildman–Crippen LogP) is 2.34. The van der Waals surface area contributed by atoms with Gasteiger partial charge in [-0.15, -0.1) is 4.91 Å². The standard InChI is InChI=1S/C16H14N2O5/c17-15(21)8-12(9-1-3-10(18-23)4-2-9)16(22)13-7-11(19)5-6-14(13)20/h1-7,12,19-20H,8H2,(H2,17,21). The van der Waals surface area contributed by atoms with Crippen LogP contribution in [0.1, 0.15) is 28.3 Å². The number of primary amides is 1. The van der Waals surface area contributed by atoms with Crippen LogP contribution in [-0.2, 0) is 4.79 Å². The number of Topliss-reactive ketones (excluding diaryl/α,β-unsaturated/α-hetero) is 1. The van der Waals surface area contributed by atoms with Gasteiger partial charge in [-0.25, -0.2) is 0 Å². The molecule has 0 saturated carbocycles. The van der Waals surface area contributed by atoms with Gasteiger partial charge in [-0.05, 0) is 41.1 Å². The van der Waals surface area contributed by atoms with Gasteiger partial charge in [-0.1, -0.05) is 12.1 Å². The van der Waals surface area contributed by atoms with E-state index < -0.39 is 17.6 Å². The third-order valence-corrected chi connectivity index (χ3v) is 3.37. The fraction of sp³-hybridized carbons (Fsp3) is 0.125. The van der Waals surface area contributed by atoms with Crippen molar-refractivity contribution in [2.24, 2.45) is 10.9 Å². The lowest BCUT2D eigenvalue weighted by Crippen LogP contribution is -2.21. The van der Waals surface area contributed by atoms with E-state index in [2.05, 4.69) is 5.18 Å². The van der Waals surface area contributed by atoms with Crippen molar-refractivity contribution in [2.75, 3.05) is 0 Å². The van der Waals surface area contributed by atoms with E-state index in [4.69, 9.17) is 5.73 Å². The van der Waals surface area contributed by atoms with Crippen LogP contribution in [0.4, 0.5) is 5.69 Å². The Kier molecular flexibility index (Phi) is 4.70. The van der Waals surface area contributed by atoms with Gasteiger partial charge in [0.05, 0.1) is 11.5 Å². The maximum absolute atomic E-state index is 12.6. The molecule has 0 bridgehead atoms. The molecule has 118 valence electrons. The molecule has 2 aromatic carbocycles. The van der Waals surface area contributed by atoms with Crippen molar-refractivity contribution >= 4 is 17.4 Å². The molecular formula is C16H14N2O5. The zero-order valence-electron chi connectivity index (χ0n) is 12.0. The Bertz CT molecular complexity index is 756. The van der Waals surface area contributed by atoms with Gasteiger partial charge < -0.3 is 15.9 Å². The topological polar surface area (TPSA) is 130 Å². The normalized spacial score (nSPS) is 11.7. The van der Waals surface area contributed by atoms with Crippen LogP contribution in [0.25, 0.3) is 0 Å². The third kappa shape index (κ3) is 3.70. The van der Waals surface area contributed by atoms with Crippen molar-refractivity contribution in [3.63, 3.8) is 0 Å². The van der Waals surface area contributed by atoms with Crippen LogP contribution in [0.3, 0.4) is 0 Å². The summed E-state index contributed by atoms with van der Waals surface area (Å²) in [6.45, 7) is 0. The Morgan fingerprint density at radius 1 is 1.09 bits per heavy atom. The highest BCUT2D eigenvalue weighted by Gasteiger charge is 2.26. The van der Waals surface area contributed by atoms with E-state index in [0.29, 0.717) is 5.56 Å². The average molecular weight is 314 g/mol. The minimum atomic E-state index is -0.944. The predicted molar refractivity (Wildman–Crippen MR) is 82.6 cm³/mol. The van der Waals surface area contributed by atoms with Crippen molar-refractivity contribution < 1.29 is 19.8 Å². The molecule has 2 rings (SSSR count). The lowest BCUT2D eigenvalue weighted by Gasteiger charge is -2.16. The van der Waals surface area contributed by atoms with Gasteiger partial charge in [0, 0.05) is 6.42 Å². The fourth-order valence-electron chi connectivity index (χ4n) is 2.24. The number of nitroso groups, excluding NO2 is 1. The van der Waals surface area contributed by atoms with E-state index >= 15 is 0 Å². The van der Waals surface area contributed by atoms with E-state index in [0.717, 1.165) is 6.07 Å². The summed E-state index contributed by atoms with van der Waals surface area (Å²) in [7, 11) is 0. The molecule has 0 aliphatic heterocycles. The number of amides is 1. The molecule has 7 heteroatoms. The summed E-state index contributed by atoms with van der Waals surface area (Å²) >= 11 is 0. The van der Waals surface area contributed by atoms with Gasteiger partial charge in [0.1, 0.15) is 17.2 Å². The molecule has 0 heterocycles. The molecule has 0 aliphatic rings. The summed E-state index contributed by atoms with van der Waals surface area (Å²) in [5.41, 5.74) is 5.71. The maximum Gasteiger partial charge on any atom is 0.218 e. The largest absolute Gasteiger partial charge is 0.508 e.